The molecular weight excluding hydrogens is 458 g/mol. The van der Waals surface area contributed by atoms with Gasteiger partial charge in [-0.25, -0.2) is 0 Å². The fraction of sp³-hybridized carbons (Fsp3) is 0.606. The molecule has 3 aliphatic rings. The van der Waals surface area contributed by atoms with E-state index in [-0.39, 0.29) is 11.5 Å². The summed E-state index contributed by atoms with van der Waals surface area (Å²) in [4.78, 5) is 11.6. The van der Waals surface area contributed by atoms with Gasteiger partial charge < -0.3 is 15.2 Å². The standard InChI is InChI=1S/C33H45NO3/c1-32(2,3)27-11-15-29(16-12-27)37-28-13-9-24(10-14-28)25-7-4-6-23(20-25)22-34-33-18-5-8-26(21-33)30(17-19-33)31(35)36/h4,6-7,9-10,13-14,20,26-27,29-30,34H,5,8,11-12,15-19,21-22H2,1-3H3,(H,35,36)/t26?,27-,29-,30?,33?. The van der Waals surface area contributed by atoms with Crippen molar-refractivity contribution in [3.63, 3.8) is 0 Å². The van der Waals surface area contributed by atoms with Gasteiger partial charge in [0.25, 0.3) is 0 Å². The molecule has 0 spiro atoms. The molecule has 0 radical (unpaired) electrons. The zero-order chi connectivity index (χ0) is 26.0. The van der Waals surface area contributed by atoms with Crippen molar-refractivity contribution < 1.29 is 14.6 Å². The highest BCUT2D eigenvalue weighted by molar-refractivity contribution is 5.70. The van der Waals surface area contributed by atoms with Gasteiger partial charge in [0.2, 0.25) is 0 Å². The van der Waals surface area contributed by atoms with Crippen LogP contribution in [-0.4, -0.2) is 22.7 Å². The minimum atomic E-state index is -0.600. The Morgan fingerprint density at radius 1 is 0.973 bits per heavy atom. The Balaban J connectivity index is 1.17. The Labute approximate surface area is 223 Å². The molecule has 2 aromatic carbocycles. The lowest BCUT2D eigenvalue weighted by molar-refractivity contribution is -0.146. The van der Waals surface area contributed by atoms with Gasteiger partial charge in [0, 0.05) is 12.1 Å². The molecule has 0 amide bonds. The second-order valence-electron chi connectivity index (χ2n) is 13.2. The van der Waals surface area contributed by atoms with E-state index in [1.54, 1.807) is 0 Å². The van der Waals surface area contributed by atoms with Gasteiger partial charge in [-0.1, -0.05) is 57.5 Å². The van der Waals surface area contributed by atoms with Crippen LogP contribution in [0.2, 0.25) is 0 Å². The first-order valence-corrected chi connectivity index (χ1v) is 14.5. The molecule has 2 bridgehead atoms. The van der Waals surface area contributed by atoms with Crippen molar-refractivity contribution in [3.8, 4) is 16.9 Å². The first kappa shape index (κ1) is 26.3. The van der Waals surface area contributed by atoms with E-state index in [1.807, 2.05) is 0 Å². The fourth-order valence-electron chi connectivity index (χ4n) is 7.34. The molecule has 37 heavy (non-hydrogen) atoms. The molecule has 4 nitrogen and oxygen atoms in total. The van der Waals surface area contributed by atoms with Crippen molar-refractivity contribution >= 4 is 5.97 Å². The third kappa shape index (κ3) is 6.22. The van der Waals surface area contributed by atoms with Gasteiger partial charge >= 0.3 is 5.97 Å². The molecule has 0 saturated heterocycles. The maximum atomic E-state index is 11.6. The quantitative estimate of drug-likeness (QED) is 0.404. The molecule has 5 rings (SSSR count). The molecule has 0 heterocycles. The van der Waals surface area contributed by atoms with Crippen LogP contribution < -0.4 is 10.1 Å². The molecule has 3 saturated carbocycles. The summed E-state index contributed by atoms with van der Waals surface area (Å²) in [5.74, 6) is 1.36. The van der Waals surface area contributed by atoms with Crippen LogP contribution in [0, 0.1) is 23.2 Å². The zero-order valence-corrected chi connectivity index (χ0v) is 23.0. The van der Waals surface area contributed by atoms with Gasteiger partial charge in [0.15, 0.2) is 0 Å². The van der Waals surface area contributed by atoms with Crippen molar-refractivity contribution in [1.82, 2.24) is 5.32 Å². The van der Waals surface area contributed by atoms with Crippen LogP contribution in [-0.2, 0) is 11.3 Å². The van der Waals surface area contributed by atoms with E-state index in [0.29, 0.717) is 17.4 Å². The summed E-state index contributed by atoms with van der Waals surface area (Å²) in [6, 6.07) is 17.4. The van der Waals surface area contributed by atoms with Crippen LogP contribution in [0.15, 0.2) is 48.5 Å². The summed E-state index contributed by atoms with van der Waals surface area (Å²) in [6.07, 6.45) is 11.3. The van der Waals surface area contributed by atoms with Gasteiger partial charge in [0.1, 0.15) is 5.75 Å². The van der Waals surface area contributed by atoms with Gasteiger partial charge in [-0.15, -0.1) is 0 Å². The van der Waals surface area contributed by atoms with Gasteiger partial charge in [-0.3, -0.25) is 4.79 Å². The van der Waals surface area contributed by atoms with Crippen LogP contribution in [0.3, 0.4) is 0 Å². The molecule has 3 aliphatic carbocycles. The number of rotatable bonds is 7. The largest absolute Gasteiger partial charge is 0.490 e. The number of fused-ring (bicyclic) bond motifs is 2. The number of carbonyl (C=O) groups is 1. The second kappa shape index (κ2) is 10.8. The average Bonchev–Trinajstić information content (AvgIpc) is 2.88. The Bertz CT molecular complexity index is 1060. The number of carboxylic acids is 1. The average molecular weight is 504 g/mol. The predicted molar refractivity (Wildman–Crippen MR) is 150 cm³/mol. The van der Waals surface area contributed by atoms with Crippen molar-refractivity contribution in [2.24, 2.45) is 23.2 Å². The maximum absolute atomic E-state index is 11.6. The molecule has 3 fully saturated rings. The predicted octanol–water partition coefficient (Wildman–Crippen LogP) is 7.85. The number of benzene rings is 2. The summed E-state index contributed by atoms with van der Waals surface area (Å²) in [7, 11) is 0. The number of carboxylic acid groups (broad SMARTS) is 1. The Hall–Kier alpha value is -2.33. The van der Waals surface area contributed by atoms with Crippen LogP contribution in [0.25, 0.3) is 11.1 Å². The van der Waals surface area contributed by atoms with Gasteiger partial charge in [-0.05, 0) is 110 Å². The summed E-state index contributed by atoms with van der Waals surface area (Å²) >= 11 is 0. The minimum absolute atomic E-state index is 0.107. The lowest BCUT2D eigenvalue weighted by atomic mass is 9.62. The first-order valence-electron chi connectivity index (χ1n) is 14.5. The number of aliphatic carboxylic acids is 1. The molecular formula is C33H45NO3. The van der Waals surface area contributed by atoms with Crippen LogP contribution >= 0.6 is 0 Å². The fourth-order valence-corrected chi connectivity index (χ4v) is 7.34. The second-order valence-corrected chi connectivity index (χ2v) is 13.2. The third-order valence-corrected chi connectivity index (χ3v) is 9.69. The topological polar surface area (TPSA) is 58.6 Å². The van der Waals surface area contributed by atoms with E-state index in [4.69, 9.17) is 4.74 Å². The van der Waals surface area contributed by atoms with E-state index in [1.165, 1.54) is 29.5 Å². The highest BCUT2D eigenvalue weighted by Crippen LogP contribution is 2.46. The summed E-state index contributed by atoms with van der Waals surface area (Å²) < 4.78 is 6.35. The molecule has 3 unspecified atom stereocenters. The van der Waals surface area contributed by atoms with Crippen LogP contribution in [0.4, 0.5) is 0 Å². The Morgan fingerprint density at radius 2 is 1.73 bits per heavy atom. The Kier molecular flexibility index (Phi) is 7.68. The van der Waals surface area contributed by atoms with E-state index >= 15 is 0 Å². The van der Waals surface area contributed by atoms with Crippen molar-refractivity contribution in [2.75, 3.05) is 0 Å². The van der Waals surface area contributed by atoms with Crippen molar-refractivity contribution in [2.45, 2.75) is 103 Å². The number of hydrogen-bond acceptors (Lipinski definition) is 3. The van der Waals surface area contributed by atoms with E-state index in [9.17, 15) is 9.90 Å². The smallest absolute Gasteiger partial charge is 0.306 e. The number of nitrogens with one attached hydrogen (secondary N) is 1. The maximum Gasteiger partial charge on any atom is 0.306 e. The molecule has 0 aliphatic heterocycles. The van der Waals surface area contributed by atoms with E-state index < -0.39 is 5.97 Å². The molecule has 3 atom stereocenters. The lowest BCUT2D eigenvalue weighted by Gasteiger charge is -2.48. The summed E-state index contributed by atoms with van der Waals surface area (Å²) in [5.41, 5.74) is 4.23. The highest BCUT2D eigenvalue weighted by Gasteiger charge is 2.45. The molecule has 2 aromatic rings. The lowest BCUT2D eigenvalue weighted by Crippen LogP contribution is -2.53. The monoisotopic (exact) mass is 503 g/mol. The summed E-state index contributed by atoms with van der Waals surface area (Å²) in [6.45, 7) is 7.91. The summed E-state index contributed by atoms with van der Waals surface area (Å²) in [5, 5.41) is 13.5. The van der Waals surface area contributed by atoms with Crippen molar-refractivity contribution in [1.29, 1.82) is 0 Å². The SMILES string of the molecule is CC(C)(C)[C@H]1CC[C@H](Oc2ccc(-c3cccc(CNC45CCCC(C4)C(C(=O)O)CC5)c3)cc2)CC1. The van der Waals surface area contributed by atoms with Crippen LogP contribution in [0.1, 0.15) is 90.5 Å². The zero-order valence-electron chi connectivity index (χ0n) is 23.0. The molecule has 4 heteroatoms. The highest BCUT2D eigenvalue weighted by atomic mass is 16.5. The van der Waals surface area contributed by atoms with E-state index in [2.05, 4.69) is 74.6 Å². The minimum Gasteiger partial charge on any atom is -0.490 e. The van der Waals surface area contributed by atoms with Gasteiger partial charge in [-0.2, -0.15) is 0 Å². The number of ether oxygens (including phenoxy) is 1. The third-order valence-electron chi connectivity index (χ3n) is 9.69. The van der Waals surface area contributed by atoms with Crippen LogP contribution in [0.5, 0.6) is 5.75 Å². The number of hydrogen-bond donors (Lipinski definition) is 2. The van der Waals surface area contributed by atoms with Crippen molar-refractivity contribution in [3.05, 3.63) is 54.1 Å². The Morgan fingerprint density at radius 3 is 2.43 bits per heavy atom. The molecule has 0 aromatic heterocycles. The molecule has 200 valence electrons. The molecule has 2 N–H and O–H groups in total. The normalized spacial score (nSPS) is 30.0. The first-order chi connectivity index (χ1) is 17.7. The van der Waals surface area contributed by atoms with E-state index in [0.717, 1.165) is 69.6 Å². The van der Waals surface area contributed by atoms with Gasteiger partial charge in [0.05, 0.1) is 12.0 Å².